The molecule has 1 aromatic rings. The first-order chi connectivity index (χ1) is 7.93. The molecule has 1 heterocycles. The number of rotatable bonds is 5. The van der Waals surface area contributed by atoms with Gasteiger partial charge in [-0.15, -0.1) is 11.3 Å². The first-order valence-electron chi connectivity index (χ1n) is 5.67. The van der Waals surface area contributed by atoms with Crippen LogP contribution < -0.4 is 5.73 Å². The summed E-state index contributed by atoms with van der Waals surface area (Å²) in [5.74, 6) is 0.509. The van der Waals surface area contributed by atoms with E-state index in [4.69, 9.17) is 5.73 Å². The molecule has 0 spiro atoms. The molecule has 0 saturated carbocycles. The molecule has 0 fully saturated rings. The highest BCUT2D eigenvalue weighted by molar-refractivity contribution is 9.10. The van der Waals surface area contributed by atoms with Gasteiger partial charge in [-0.25, -0.2) is 0 Å². The predicted octanol–water partition coefficient (Wildman–Crippen LogP) is 2.96. The van der Waals surface area contributed by atoms with Gasteiger partial charge in [-0.2, -0.15) is 0 Å². The van der Waals surface area contributed by atoms with Crippen molar-refractivity contribution < 1.29 is 4.79 Å². The molecule has 0 aromatic carbocycles. The Balaban J connectivity index is 2.51. The van der Waals surface area contributed by atoms with E-state index in [0.717, 1.165) is 15.8 Å². The van der Waals surface area contributed by atoms with Crippen LogP contribution in [-0.2, 0) is 0 Å². The zero-order chi connectivity index (χ0) is 13.0. The fraction of sp³-hybridized carbons (Fsp3) is 0.583. The van der Waals surface area contributed by atoms with Gasteiger partial charge in [0, 0.05) is 24.1 Å². The molecule has 3 nitrogen and oxygen atoms in total. The van der Waals surface area contributed by atoms with E-state index in [2.05, 4.69) is 29.8 Å². The fourth-order valence-corrected chi connectivity index (χ4v) is 2.93. The van der Waals surface area contributed by atoms with Crippen LogP contribution in [0.1, 0.15) is 29.9 Å². The van der Waals surface area contributed by atoms with Crippen molar-refractivity contribution in [3.63, 3.8) is 0 Å². The van der Waals surface area contributed by atoms with E-state index in [9.17, 15) is 4.79 Å². The van der Waals surface area contributed by atoms with Crippen molar-refractivity contribution in [1.29, 1.82) is 0 Å². The molecule has 2 N–H and O–H groups in total. The average molecular weight is 319 g/mol. The van der Waals surface area contributed by atoms with Crippen molar-refractivity contribution in [3.8, 4) is 0 Å². The van der Waals surface area contributed by atoms with Gasteiger partial charge in [0.05, 0.1) is 0 Å². The Morgan fingerprint density at radius 3 is 2.71 bits per heavy atom. The molecular weight excluding hydrogens is 300 g/mol. The van der Waals surface area contributed by atoms with Gasteiger partial charge in [-0.05, 0) is 39.7 Å². The van der Waals surface area contributed by atoms with Crippen LogP contribution in [0.2, 0.25) is 0 Å². The van der Waals surface area contributed by atoms with Crippen LogP contribution in [0.3, 0.4) is 0 Å². The lowest BCUT2D eigenvalue weighted by atomic mass is 10.0. The van der Waals surface area contributed by atoms with Gasteiger partial charge >= 0.3 is 0 Å². The van der Waals surface area contributed by atoms with E-state index in [1.165, 1.54) is 11.3 Å². The Kier molecular flexibility index (Phi) is 5.62. The van der Waals surface area contributed by atoms with Gasteiger partial charge in [0.1, 0.15) is 4.88 Å². The minimum absolute atomic E-state index is 0.0582. The summed E-state index contributed by atoms with van der Waals surface area (Å²) in [7, 11) is 1.82. The molecule has 0 aliphatic carbocycles. The number of hydrogen-bond acceptors (Lipinski definition) is 3. The van der Waals surface area contributed by atoms with Gasteiger partial charge in [0.25, 0.3) is 5.91 Å². The highest BCUT2D eigenvalue weighted by Gasteiger charge is 2.17. The van der Waals surface area contributed by atoms with Crippen molar-refractivity contribution in [2.45, 2.75) is 26.3 Å². The molecule has 5 heteroatoms. The zero-order valence-corrected chi connectivity index (χ0v) is 12.8. The molecule has 1 aromatic heterocycles. The summed E-state index contributed by atoms with van der Waals surface area (Å²) in [5, 5.41) is 1.91. The van der Waals surface area contributed by atoms with Crippen LogP contribution in [0.25, 0.3) is 0 Å². The quantitative estimate of drug-likeness (QED) is 0.907. The largest absolute Gasteiger partial charge is 0.341 e. The van der Waals surface area contributed by atoms with Crippen LogP contribution in [-0.4, -0.2) is 30.4 Å². The molecule has 0 bridgehead atoms. The van der Waals surface area contributed by atoms with E-state index < -0.39 is 0 Å². The summed E-state index contributed by atoms with van der Waals surface area (Å²) in [6.45, 7) is 4.90. The third kappa shape index (κ3) is 4.08. The second-order valence-corrected chi connectivity index (χ2v) is 6.29. The van der Waals surface area contributed by atoms with Crippen LogP contribution in [0.15, 0.2) is 15.9 Å². The van der Waals surface area contributed by atoms with Crippen molar-refractivity contribution in [1.82, 2.24) is 4.90 Å². The van der Waals surface area contributed by atoms with E-state index in [1.54, 1.807) is 4.90 Å². The number of nitrogens with zero attached hydrogens (tertiary/aromatic N) is 1. The number of carbonyl (C=O) groups is 1. The Morgan fingerprint density at radius 2 is 2.24 bits per heavy atom. The number of amides is 1. The van der Waals surface area contributed by atoms with Gasteiger partial charge in [-0.3, -0.25) is 4.79 Å². The Labute approximate surface area is 115 Å². The molecule has 0 radical (unpaired) electrons. The second-order valence-electron chi connectivity index (χ2n) is 4.52. The van der Waals surface area contributed by atoms with E-state index in [1.807, 2.05) is 18.5 Å². The smallest absolute Gasteiger partial charge is 0.264 e. The van der Waals surface area contributed by atoms with Crippen LogP contribution in [0, 0.1) is 5.92 Å². The Hall–Kier alpha value is -0.390. The monoisotopic (exact) mass is 318 g/mol. The molecule has 1 atom stereocenters. The molecule has 1 unspecified atom stereocenters. The number of halogens is 1. The van der Waals surface area contributed by atoms with Crippen molar-refractivity contribution in [2.24, 2.45) is 11.7 Å². The van der Waals surface area contributed by atoms with Gasteiger partial charge in [0.2, 0.25) is 0 Å². The van der Waals surface area contributed by atoms with E-state index >= 15 is 0 Å². The zero-order valence-electron chi connectivity index (χ0n) is 10.4. The molecule has 1 rings (SSSR count). The second kappa shape index (κ2) is 6.52. The van der Waals surface area contributed by atoms with E-state index in [0.29, 0.717) is 12.5 Å². The third-order valence-corrected chi connectivity index (χ3v) is 4.64. The lowest BCUT2D eigenvalue weighted by Gasteiger charge is -2.21. The minimum Gasteiger partial charge on any atom is -0.341 e. The van der Waals surface area contributed by atoms with Crippen LogP contribution in [0.5, 0.6) is 0 Å². The summed E-state index contributed by atoms with van der Waals surface area (Å²) in [5.41, 5.74) is 5.97. The topological polar surface area (TPSA) is 46.3 Å². The van der Waals surface area contributed by atoms with Crippen molar-refractivity contribution in [2.75, 3.05) is 13.6 Å². The summed E-state index contributed by atoms with van der Waals surface area (Å²) >= 11 is 4.83. The SMILES string of the molecule is CC(C)C(N)CCN(C)C(=O)c1sccc1Br. The predicted molar refractivity (Wildman–Crippen MR) is 76.4 cm³/mol. The molecule has 0 saturated heterocycles. The lowest BCUT2D eigenvalue weighted by Crippen LogP contribution is -2.34. The fourth-order valence-electron chi connectivity index (χ4n) is 1.40. The lowest BCUT2D eigenvalue weighted by molar-refractivity contribution is 0.0793. The highest BCUT2D eigenvalue weighted by Crippen LogP contribution is 2.23. The first-order valence-corrected chi connectivity index (χ1v) is 7.34. The number of hydrogen-bond donors (Lipinski definition) is 1. The van der Waals surface area contributed by atoms with Crippen molar-refractivity contribution >= 4 is 33.2 Å². The third-order valence-electron chi connectivity index (χ3n) is 2.81. The summed E-state index contributed by atoms with van der Waals surface area (Å²) in [6.07, 6.45) is 0.836. The summed E-state index contributed by atoms with van der Waals surface area (Å²) in [6, 6.07) is 2.04. The van der Waals surface area contributed by atoms with Gasteiger partial charge in [0.15, 0.2) is 0 Å². The standard InChI is InChI=1S/C12H19BrN2OS/c1-8(2)10(14)4-6-15(3)12(16)11-9(13)5-7-17-11/h5,7-8,10H,4,6,14H2,1-3H3. The maximum Gasteiger partial charge on any atom is 0.264 e. The molecule has 0 aliphatic heterocycles. The van der Waals surface area contributed by atoms with Crippen LogP contribution >= 0.6 is 27.3 Å². The maximum atomic E-state index is 12.1. The minimum atomic E-state index is 0.0582. The molecular formula is C12H19BrN2OS. The average Bonchev–Trinajstić information content (AvgIpc) is 2.70. The first kappa shape index (κ1) is 14.7. The number of thiophene rings is 1. The molecule has 1 amide bonds. The maximum absolute atomic E-state index is 12.1. The number of carbonyl (C=O) groups excluding carboxylic acids is 1. The summed E-state index contributed by atoms with van der Waals surface area (Å²) < 4.78 is 0.868. The van der Waals surface area contributed by atoms with Gasteiger partial charge < -0.3 is 10.6 Å². The normalized spacial score (nSPS) is 12.8. The van der Waals surface area contributed by atoms with Crippen LogP contribution in [0.4, 0.5) is 0 Å². The van der Waals surface area contributed by atoms with E-state index in [-0.39, 0.29) is 11.9 Å². The highest BCUT2D eigenvalue weighted by atomic mass is 79.9. The Bertz CT molecular complexity index is 378. The molecule has 0 aliphatic rings. The van der Waals surface area contributed by atoms with Gasteiger partial charge in [-0.1, -0.05) is 13.8 Å². The van der Waals surface area contributed by atoms with Crippen molar-refractivity contribution in [3.05, 3.63) is 20.8 Å². The number of nitrogens with two attached hydrogens (primary N) is 1. The Morgan fingerprint density at radius 1 is 1.59 bits per heavy atom. The molecule has 96 valence electrons. The molecule has 17 heavy (non-hydrogen) atoms. The summed E-state index contributed by atoms with van der Waals surface area (Å²) in [4.78, 5) is 14.6.